The molecule has 0 aliphatic carbocycles. The van der Waals surface area contributed by atoms with Crippen LogP contribution in [-0.2, 0) is 0 Å². The van der Waals surface area contributed by atoms with Crippen molar-refractivity contribution in [2.45, 2.75) is 0 Å². The van der Waals surface area contributed by atoms with Crippen LogP contribution in [0.1, 0.15) is 5.56 Å². The van der Waals surface area contributed by atoms with Gasteiger partial charge in [0.1, 0.15) is 5.69 Å². The zero-order valence-corrected chi connectivity index (χ0v) is 17.8. The second-order valence-electron chi connectivity index (χ2n) is 6.20. The van der Waals surface area contributed by atoms with E-state index in [4.69, 9.17) is 28.4 Å². The summed E-state index contributed by atoms with van der Waals surface area (Å²) in [7, 11) is 0. The lowest BCUT2D eigenvalue weighted by Crippen LogP contribution is -2.23. The first-order chi connectivity index (χ1) is 14.0. The van der Waals surface area contributed by atoms with Gasteiger partial charge in [-0.05, 0) is 42.0 Å². The number of benzene rings is 3. The number of nitrogens with zero attached hydrogens (tertiary/aromatic N) is 3. The molecule has 0 saturated heterocycles. The van der Waals surface area contributed by atoms with E-state index < -0.39 is 0 Å². The first-order valence-corrected chi connectivity index (χ1v) is 9.99. The van der Waals surface area contributed by atoms with Gasteiger partial charge in [-0.15, -0.1) is 0 Å². The first kappa shape index (κ1) is 19.6. The van der Waals surface area contributed by atoms with Crippen LogP contribution in [-0.4, -0.2) is 21.2 Å². The Morgan fingerprint density at radius 3 is 2.38 bits per heavy atom. The highest BCUT2D eigenvalue weighted by atomic mass is 79.9. The Morgan fingerprint density at radius 2 is 1.69 bits per heavy atom. The monoisotopic (exact) mass is 487 g/mol. The van der Waals surface area contributed by atoms with Gasteiger partial charge < -0.3 is 5.21 Å². The number of fused-ring (bicyclic) bond motifs is 1. The zero-order valence-electron chi connectivity index (χ0n) is 14.7. The molecule has 0 unspecified atom stereocenters. The van der Waals surface area contributed by atoms with E-state index in [-0.39, 0.29) is 5.56 Å². The summed E-state index contributed by atoms with van der Waals surface area (Å²) in [6.07, 6.45) is 1.32. The topological polar surface area (TPSA) is 67.5 Å². The van der Waals surface area contributed by atoms with Crippen LogP contribution < -0.4 is 5.56 Å². The van der Waals surface area contributed by atoms with Crippen LogP contribution >= 0.6 is 39.1 Å². The highest BCUT2D eigenvalue weighted by molar-refractivity contribution is 9.10. The maximum Gasteiger partial charge on any atom is 0.279 e. The summed E-state index contributed by atoms with van der Waals surface area (Å²) in [4.78, 5) is 13.2. The minimum Gasteiger partial charge on any atom is -0.411 e. The Labute approximate surface area is 183 Å². The largest absolute Gasteiger partial charge is 0.411 e. The molecular weight excluding hydrogens is 477 g/mol. The number of halogens is 3. The molecule has 0 aliphatic heterocycles. The summed E-state index contributed by atoms with van der Waals surface area (Å²) in [5, 5.41) is 18.4. The minimum absolute atomic E-state index is 0.315. The van der Waals surface area contributed by atoms with Crippen molar-refractivity contribution in [1.82, 2.24) is 9.78 Å². The quantitative estimate of drug-likeness (QED) is 0.221. The van der Waals surface area contributed by atoms with Gasteiger partial charge >= 0.3 is 0 Å². The van der Waals surface area contributed by atoms with Crippen LogP contribution in [0.4, 0.5) is 0 Å². The van der Waals surface area contributed by atoms with Crippen molar-refractivity contribution in [3.63, 3.8) is 0 Å². The SMILES string of the molecule is O=c1c2ccccc2c(-c2cc(Br)cc(C=NO)c2)nn1-c1c(Cl)cccc1Cl. The van der Waals surface area contributed by atoms with Crippen molar-refractivity contribution in [3.05, 3.63) is 91.1 Å². The smallest absolute Gasteiger partial charge is 0.279 e. The van der Waals surface area contributed by atoms with E-state index in [0.29, 0.717) is 37.8 Å². The maximum absolute atomic E-state index is 13.2. The van der Waals surface area contributed by atoms with Gasteiger partial charge in [-0.25, -0.2) is 0 Å². The standard InChI is InChI=1S/C21H12BrCl2N3O2/c22-14-9-12(11-25-29)8-13(10-14)19-15-4-1-2-5-16(15)21(28)27(26-19)20-17(23)6-3-7-18(20)24/h1-11,29H. The molecule has 0 aliphatic rings. The van der Waals surface area contributed by atoms with Gasteiger partial charge in [0, 0.05) is 15.4 Å². The Morgan fingerprint density at radius 1 is 1.00 bits per heavy atom. The van der Waals surface area contributed by atoms with Gasteiger partial charge in [0.2, 0.25) is 0 Å². The Kier molecular flexibility index (Phi) is 5.41. The molecule has 0 atom stereocenters. The van der Waals surface area contributed by atoms with Crippen LogP contribution in [0, 0.1) is 0 Å². The van der Waals surface area contributed by atoms with E-state index in [0.717, 1.165) is 10.0 Å². The van der Waals surface area contributed by atoms with Gasteiger partial charge in [-0.1, -0.05) is 68.6 Å². The molecule has 1 aromatic heterocycles. The summed E-state index contributed by atoms with van der Waals surface area (Å²) >= 11 is 16.1. The number of hydrogen-bond acceptors (Lipinski definition) is 4. The zero-order chi connectivity index (χ0) is 20.5. The molecule has 5 nitrogen and oxygen atoms in total. The molecule has 1 N–H and O–H groups in total. The molecule has 29 heavy (non-hydrogen) atoms. The number of aromatic nitrogens is 2. The molecule has 0 saturated carbocycles. The molecule has 8 heteroatoms. The molecule has 4 aromatic rings. The molecule has 3 aromatic carbocycles. The van der Waals surface area contributed by atoms with Crippen LogP contribution in [0.5, 0.6) is 0 Å². The number of hydrogen-bond donors (Lipinski definition) is 1. The predicted octanol–water partition coefficient (Wildman–Crippen LogP) is 5.93. The van der Waals surface area contributed by atoms with Crippen molar-refractivity contribution < 1.29 is 5.21 Å². The van der Waals surface area contributed by atoms with E-state index in [1.54, 1.807) is 36.4 Å². The average Bonchev–Trinajstić information content (AvgIpc) is 2.69. The van der Waals surface area contributed by atoms with Crippen molar-refractivity contribution in [2.75, 3.05) is 0 Å². The third kappa shape index (κ3) is 3.67. The van der Waals surface area contributed by atoms with Crippen LogP contribution in [0.25, 0.3) is 27.7 Å². The Hall–Kier alpha value is -2.67. The average molecular weight is 489 g/mol. The second kappa shape index (κ2) is 7.99. The van der Waals surface area contributed by atoms with Crippen LogP contribution in [0.3, 0.4) is 0 Å². The van der Waals surface area contributed by atoms with Gasteiger partial charge in [0.15, 0.2) is 0 Å². The third-order valence-electron chi connectivity index (χ3n) is 4.35. The van der Waals surface area contributed by atoms with E-state index >= 15 is 0 Å². The minimum atomic E-state index is -0.327. The molecule has 4 rings (SSSR count). The van der Waals surface area contributed by atoms with E-state index in [2.05, 4.69) is 26.2 Å². The summed E-state index contributed by atoms with van der Waals surface area (Å²) < 4.78 is 1.99. The van der Waals surface area contributed by atoms with Crippen LogP contribution in [0.15, 0.2) is 75.1 Å². The lowest BCUT2D eigenvalue weighted by Gasteiger charge is -2.14. The third-order valence-corrected chi connectivity index (χ3v) is 5.42. The number of rotatable bonds is 3. The lowest BCUT2D eigenvalue weighted by atomic mass is 10.0. The van der Waals surface area contributed by atoms with Crippen molar-refractivity contribution in [1.29, 1.82) is 0 Å². The second-order valence-corrected chi connectivity index (χ2v) is 7.93. The van der Waals surface area contributed by atoms with Gasteiger partial charge in [-0.3, -0.25) is 4.79 Å². The van der Waals surface area contributed by atoms with Crippen molar-refractivity contribution in [3.8, 4) is 16.9 Å². The predicted molar refractivity (Wildman–Crippen MR) is 120 cm³/mol. The molecule has 0 spiro atoms. The van der Waals surface area contributed by atoms with Gasteiger partial charge in [0.25, 0.3) is 5.56 Å². The maximum atomic E-state index is 13.2. The fraction of sp³-hybridized carbons (Fsp3) is 0. The molecule has 0 bridgehead atoms. The highest BCUT2D eigenvalue weighted by Gasteiger charge is 2.17. The summed E-state index contributed by atoms with van der Waals surface area (Å²) in [6.45, 7) is 0. The van der Waals surface area contributed by atoms with E-state index in [9.17, 15) is 4.79 Å². The number of oxime groups is 1. The van der Waals surface area contributed by atoms with E-state index in [1.165, 1.54) is 10.9 Å². The Bertz CT molecular complexity index is 1320. The molecule has 144 valence electrons. The van der Waals surface area contributed by atoms with Gasteiger partial charge in [0.05, 0.1) is 27.3 Å². The number of para-hydroxylation sites is 1. The normalized spacial score (nSPS) is 11.4. The molecule has 1 heterocycles. The molecule has 0 fully saturated rings. The summed E-state index contributed by atoms with van der Waals surface area (Å²) in [5.74, 6) is 0. The van der Waals surface area contributed by atoms with Crippen LogP contribution in [0.2, 0.25) is 10.0 Å². The molecular formula is C21H12BrCl2N3O2. The fourth-order valence-electron chi connectivity index (χ4n) is 3.14. The summed E-state index contributed by atoms with van der Waals surface area (Å²) in [6, 6.07) is 17.7. The van der Waals surface area contributed by atoms with E-state index in [1.807, 2.05) is 24.3 Å². The van der Waals surface area contributed by atoms with Crippen molar-refractivity contribution >= 4 is 56.1 Å². The van der Waals surface area contributed by atoms with Crippen molar-refractivity contribution in [2.24, 2.45) is 5.16 Å². The summed E-state index contributed by atoms with van der Waals surface area (Å²) in [5.41, 5.74) is 1.94. The van der Waals surface area contributed by atoms with Gasteiger partial charge in [-0.2, -0.15) is 9.78 Å². The molecule has 0 amide bonds. The highest BCUT2D eigenvalue weighted by Crippen LogP contribution is 2.31. The Balaban J connectivity index is 2.11. The fourth-order valence-corrected chi connectivity index (χ4v) is 4.20. The first-order valence-electron chi connectivity index (χ1n) is 8.44. The molecule has 0 radical (unpaired) electrons. The lowest BCUT2D eigenvalue weighted by molar-refractivity contribution is 0.322.